The van der Waals surface area contributed by atoms with Crippen LogP contribution in [0.15, 0.2) is 65.3 Å². The number of carbonyl (C=O) groups excluding carboxylic acids is 1. The van der Waals surface area contributed by atoms with Crippen molar-refractivity contribution in [1.29, 1.82) is 0 Å². The van der Waals surface area contributed by atoms with Crippen LogP contribution in [0.1, 0.15) is 25.6 Å². The van der Waals surface area contributed by atoms with Crippen LogP contribution in [0.4, 0.5) is 5.69 Å². The highest BCUT2D eigenvalue weighted by Crippen LogP contribution is 2.22. The molecule has 3 rings (SSSR count). The van der Waals surface area contributed by atoms with Gasteiger partial charge in [0, 0.05) is 11.1 Å². The van der Waals surface area contributed by atoms with Crippen LogP contribution < -0.4 is 10.6 Å². The van der Waals surface area contributed by atoms with Crippen molar-refractivity contribution in [3.05, 3.63) is 66.6 Å². The summed E-state index contributed by atoms with van der Waals surface area (Å²) in [5.41, 5.74) is 0.846. The lowest BCUT2D eigenvalue weighted by molar-refractivity contribution is -0.711. The summed E-state index contributed by atoms with van der Waals surface area (Å²) in [5.74, 6) is 0.856. The Bertz CT molecular complexity index is 791. The van der Waals surface area contributed by atoms with E-state index >= 15 is 0 Å². The Balaban J connectivity index is 1.70. The van der Waals surface area contributed by atoms with Gasteiger partial charge in [0.2, 0.25) is 0 Å². The average Bonchev–Trinajstić information content (AvgIpc) is 3.09. The third-order valence-corrected chi connectivity index (χ3v) is 4.03. The SMILES string of the molecule is C[C@H]([NH2+][C@H](C)C(=O)Nc1cccc2ccccc12)c1ccco1. The maximum absolute atomic E-state index is 12.5. The predicted octanol–water partition coefficient (Wildman–Crippen LogP) is 3.08. The minimum atomic E-state index is -0.214. The second kappa shape index (κ2) is 6.67. The fourth-order valence-corrected chi connectivity index (χ4v) is 2.75. The van der Waals surface area contributed by atoms with Gasteiger partial charge in [-0.05, 0) is 37.4 Å². The van der Waals surface area contributed by atoms with Gasteiger partial charge in [0.05, 0.1) is 6.26 Å². The molecule has 4 nitrogen and oxygen atoms in total. The minimum Gasteiger partial charge on any atom is -0.463 e. The van der Waals surface area contributed by atoms with Crippen molar-refractivity contribution in [2.45, 2.75) is 25.9 Å². The summed E-state index contributed by atoms with van der Waals surface area (Å²) in [6.07, 6.45) is 1.65. The molecule has 2 aromatic carbocycles. The summed E-state index contributed by atoms with van der Waals surface area (Å²) in [6, 6.07) is 17.6. The molecular formula is C19H21N2O2+. The Morgan fingerprint density at radius 1 is 1.04 bits per heavy atom. The second-order valence-electron chi connectivity index (χ2n) is 5.80. The van der Waals surface area contributed by atoms with Crippen molar-refractivity contribution < 1.29 is 14.5 Å². The van der Waals surface area contributed by atoms with Crippen molar-refractivity contribution in [3.63, 3.8) is 0 Å². The van der Waals surface area contributed by atoms with Gasteiger partial charge in [0.25, 0.3) is 5.91 Å². The lowest BCUT2D eigenvalue weighted by Crippen LogP contribution is -2.91. The molecule has 0 saturated carbocycles. The molecule has 4 heteroatoms. The monoisotopic (exact) mass is 309 g/mol. The van der Waals surface area contributed by atoms with E-state index < -0.39 is 0 Å². The molecule has 0 saturated heterocycles. The van der Waals surface area contributed by atoms with Gasteiger partial charge in [-0.15, -0.1) is 0 Å². The molecule has 1 heterocycles. The number of quaternary nitrogens is 1. The largest absolute Gasteiger partial charge is 0.463 e. The van der Waals surface area contributed by atoms with Crippen LogP contribution in [0, 0.1) is 0 Å². The summed E-state index contributed by atoms with van der Waals surface area (Å²) in [7, 11) is 0. The Labute approximate surface area is 135 Å². The zero-order valence-electron chi connectivity index (χ0n) is 13.3. The molecule has 0 aliphatic heterocycles. The quantitative estimate of drug-likeness (QED) is 0.761. The molecule has 1 amide bonds. The van der Waals surface area contributed by atoms with Crippen LogP contribution in [0.2, 0.25) is 0 Å². The van der Waals surface area contributed by atoms with E-state index in [0.717, 1.165) is 22.2 Å². The lowest BCUT2D eigenvalue weighted by Gasteiger charge is -2.16. The Morgan fingerprint density at radius 2 is 1.83 bits per heavy atom. The fourth-order valence-electron chi connectivity index (χ4n) is 2.75. The van der Waals surface area contributed by atoms with Gasteiger partial charge < -0.3 is 15.1 Å². The van der Waals surface area contributed by atoms with Crippen LogP contribution in [-0.4, -0.2) is 11.9 Å². The molecule has 0 spiro atoms. The van der Waals surface area contributed by atoms with Crippen LogP contribution in [0.3, 0.4) is 0 Å². The first-order valence-corrected chi connectivity index (χ1v) is 7.82. The molecule has 1 aromatic heterocycles. The van der Waals surface area contributed by atoms with Crippen molar-refractivity contribution in [3.8, 4) is 0 Å². The molecule has 0 aliphatic rings. The van der Waals surface area contributed by atoms with E-state index in [1.165, 1.54) is 0 Å². The fraction of sp³-hybridized carbons (Fsp3) is 0.211. The number of rotatable bonds is 5. The van der Waals surface area contributed by atoms with E-state index in [1.54, 1.807) is 6.26 Å². The summed E-state index contributed by atoms with van der Waals surface area (Å²) >= 11 is 0. The zero-order valence-corrected chi connectivity index (χ0v) is 13.3. The maximum Gasteiger partial charge on any atom is 0.282 e. The summed E-state index contributed by atoms with van der Waals surface area (Å²) in [5, 5.41) is 7.20. The number of fused-ring (bicyclic) bond motifs is 1. The highest BCUT2D eigenvalue weighted by molar-refractivity contribution is 6.03. The third-order valence-electron chi connectivity index (χ3n) is 4.03. The van der Waals surface area contributed by atoms with Crippen LogP contribution in [-0.2, 0) is 4.79 Å². The number of nitrogens with two attached hydrogens (primary N) is 1. The van der Waals surface area contributed by atoms with E-state index in [4.69, 9.17) is 4.42 Å². The molecule has 118 valence electrons. The number of amides is 1. The van der Waals surface area contributed by atoms with E-state index in [1.807, 2.05) is 73.8 Å². The molecule has 0 fully saturated rings. The molecule has 0 radical (unpaired) electrons. The molecule has 2 atom stereocenters. The van der Waals surface area contributed by atoms with Gasteiger partial charge in [-0.25, -0.2) is 0 Å². The van der Waals surface area contributed by atoms with E-state index in [0.29, 0.717) is 0 Å². The Kier molecular flexibility index (Phi) is 4.44. The van der Waals surface area contributed by atoms with Gasteiger partial charge >= 0.3 is 0 Å². The normalized spacial score (nSPS) is 13.7. The van der Waals surface area contributed by atoms with E-state index in [-0.39, 0.29) is 18.0 Å². The number of carbonyl (C=O) groups is 1. The average molecular weight is 309 g/mol. The first kappa shape index (κ1) is 15.3. The second-order valence-corrected chi connectivity index (χ2v) is 5.80. The first-order valence-electron chi connectivity index (χ1n) is 7.82. The summed E-state index contributed by atoms with van der Waals surface area (Å²) < 4.78 is 5.39. The van der Waals surface area contributed by atoms with E-state index in [2.05, 4.69) is 5.32 Å². The van der Waals surface area contributed by atoms with Crippen LogP contribution in [0.25, 0.3) is 10.8 Å². The van der Waals surface area contributed by atoms with Gasteiger partial charge in [0.1, 0.15) is 6.04 Å². The smallest absolute Gasteiger partial charge is 0.282 e. The Hall–Kier alpha value is -2.59. The molecule has 3 N–H and O–H groups in total. The van der Waals surface area contributed by atoms with Crippen LogP contribution >= 0.6 is 0 Å². The molecule has 0 aliphatic carbocycles. The summed E-state index contributed by atoms with van der Waals surface area (Å²) in [6.45, 7) is 3.93. The van der Waals surface area contributed by atoms with E-state index in [9.17, 15) is 4.79 Å². The van der Waals surface area contributed by atoms with Crippen molar-refractivity contribution >= 4 is 22.4 Å². The molecule has 3 aromatic rings. The maximum atomic E-state index is 12.5. The minimum absolute atomic E-state index is 0.0141. The predicted molar refractivity (Wildman–Crippen MR) is 91.1 cm³/mol. The number of nitrogens with one attached hydrogen (secondary N) is 1. The first-order chi connectivity index (χ1) is 11.1. The van der Waals surface area contributed by atoms with Crippen molar-refractivity contribution in [2.75, 3.05) is 5.32 Å². The molecule has 23 heavy (non-hydrogen) atoms. The highest BCUT2D eigenvalue weighted by Gasteiger charge is 2.22. The number of hydrogen-bond acceptors (Lipinski definition) is 2. The number of furan rings is 1. The van der Waals surface area contributed by atoms with Crippen LogP contribution in [0.5, 0.6) is 0 Å². The number of anilines is 1. The highest BCUT2D eigenvalue weighted by atomic mass is 16.3. The molecule has 0 unspecified atom stereocenters. The number of hydrogen-bond donors (Lipinski definition) is 2. The Morgan fingerprint density at radius 3 is 2.61 bits per heavy atom. The third kappa shape index (κ3) is 3.43. The standard InChI is InChI=1S/C19H20N2O2/c1-13(18-11-6-12-23-18)20-14(2)19(22)21-17-10-5-8-15-7-3-4-9-16(15)17/h3-14,20H,1-2H3,(H,21,22)/p+1/t13-,14+/m0/s1. The van der Waals surface area contributed by atoms with Gasteiger partial charge in [0.15, 0.2) is 11.8 Å². The summed E-state index contributed by atoms with van der Waals surface area (Å²) in [4.78, 5) is 12.5. The van der Waals surface area contributed by atoms with Crippen molar-refractivity contribution in [2.24, 2.45) is 0 Å². The van der Waals surface area contributed by atoms with Gasteiger partial charge in [-0.3, -0.25) is 4.79 Å². The number of benzene rings is 2. The van der Waals surface area contributed by atoms with Gasteiger partial charge in [-0.1, -0.05) is 36.4 Å². The van der Waals surface area contributed by atoms with Crippen molar-refractivity contribution in [1.82, 2.24) is 0 Å². The molecule has 0 bridgehead atoms. The zero-order chi connectivity index (χ0) is 16.2. The topological polar surface area (TPSA) is 58.9 Å². The van der Waals surface area contributed by atoms with Gasteiger partial charge in [-0.2, -0.15) is 0 Å². The lowest BCUT2D eigenvalue weighted by atomic mass is 10.1. The molecular weight excluding hydrogens is 288 g/mol.